The summed E-state index contributed by atoms with van der Waals surface area (Å²) >= 11 is 0. The summed E-state index contributed by atoms with van der Waals surface area (Å²) in [6.07, 6.45) is 2.21. The molecule has 102 valence electrons. The molecule has 1 fully saturated rings. The van der Waals surface area contributed by atoms with Gasteiger partial charge in [0.1, 0.15) is 0 Å². The predicted molar refractivity (Wildman–Crippen MR) is 73.1 cm³/mol. The highest BCUT2D eigenvalue weighted by Crippen LogP contribution is 2.26. The van der Waals surface area contributed by atoms with Gasteiger partial charge in [-0.3, -0.25) is 4.90 Å². The first kappa shape index (κ1) is 14.9. The second-order valence-electron chi connectivity index (χ2n) is 5.87. The maximum absolute atomic E-state index is 10.0. The van der Waals surface area contributed by atoms with Crippen molar-refractivity contribution < 1.29 is 5.11 Å². The molecule has 0 aromatic carbocycles. The minimum absolute atomic E-state index is 0.235. The summed E-state index contributed by atoms with van der Waals surface area (Å²) in [6.45, 7) is 12.8. The molecule has 0 radical (unpaired) electrons. The maximum Gasteiger partial charge on any atom is 0.0791 e. The van der Waals surface area contributed by atoms with E-state index in [4.69, 9.17) is 0 Å². The van der Waals surface area contributed by atoms with Crippen molar-refractivity contribution in [2.75, 3.05) is 26.2 Å². The van der Waals surface area contributed by atoms with E-state index in [0.717, 1.165) is 44.4 Å². The number of rotatable bonds is 6. The normalized spacial score (nSPS) is 32.6. The van der Waals surface area contributed by atoms with Gasteiger partial charge in [0, 0.05) is 25.7 Å². The highest BCUT2D eigenvalue weighted by atomic mass is 16.3. The van der Waals surface area contributed by atoms with Crippen LogP contribution in [0.5, 0.6) is 0 Å². The van der Waals surface area contributed by atoms with Crippen molar-refractivity contribution >= 4 is 0 Å². The highest BCUT2D eigenvalue weighted by molar-refractivity contribution is 4.83. The Kier molecular flexibility index (Phi) is 6.45. The second kappa shape index (κ2) is 7.34. The fraction of sp³-hybridized carbons (Fsp3) is 1.00. The van der Waals surface area contributed by atoms with Gasteiger partial charge in [0.25, 0.3) is 0 Å². The van der Waals surface area contributed by atoms with Crippen molar-refractivity contribution in [3.8, 4) is 0 Å². The number of nitrogens with one attached hydrogen (secondary N) is 1. The number of β-amino-alcohol motifs (C(OH)–C–C–N with tert-alkyl or cyclic N) is 1. The van der Waals surface area contributed by atoms with E-state index in [-0.39, 0.29) is 6.10 Å². The van der Waals surface area contributed by atoms with Gasteiger partial charge in [-0.25, -0.2) is 0 Å². The molecule has 0 saturated carbocycles. The number of likely N-dealkylation sites (tertiary alicyclic amines) is 1. The third-order valence-corrected chi connectivity index (χ3v) is 3.97. The van der Waals surface area contributed by atoms with Crippen LogP contribution in [0.3, 0.4) is 0 Å². The monoisotopic (exact) mass is 242 g/mol. The van der Waals surface area contributed by atoms with Crippen molar-refractivity contribution in [3.63, 3.8) is 0 Å². The molecule has 1 saturated heterocycles. The quantitative estimate of drug-likeness (QED) is 0.696. The molecule has 0 aliphatic carbocycles. The smallest absolute Gasteiger partial charge is 0.0791 e. The molecular formula is C14H30N2O. The molecule has 17 heavy (non-hydrogen) atoms. The zero-order valence-corrected chi connectivity index (χ0v) is 11.9. The molecule has 1 aliphatic rings. The van der Waals surface area contributed by atoms with E-state index < -0.39 is 0 Å². The summed E-state index contributed by atoms with van der Waals surface area (Å²) in [6, 6.07) is 0.604. The Morgan fingerprint density at radius 1 is 1.35 bits per heavy atom. The standard InChI is InChI=1S/C14H30N2O/c1-5-6-15-8-14(17)10-16-9-11(2)7-12(3)13(16)4/h11-15,17H,5-10H2,1-4H3. The van der Waals surface area contributed by atoms with Crippen LogP contribution in [0.4, 0.5) is 0 Å². The second-order valence-corrected chi connectivity index (χ2v) is 5.87. The molecule has 0 aromatic rings. The lowest BCUT2D eigenvalue weighted by molar-refractivity contribution is 0.0324. The molecule has 2 N–H and O–H groups in total. The molecular weight excluding hydrogens is 212 g/mol. The van der Waals surface area contributed by atoms with E-state index in [1.54, 1.807) is 0 Å². The number of aliphatic hydroxyl groups is 1. The lowest BCUT2D eigenvalue weighted by Crippen LogP contribution is -2.50. The van der Waals surface area contributed by atoms with Crippen molar-refractivity contribution in [2.24, 2.45) is 11.8 Å². The van der Waals surface area contributed by atoms with Crippen molar-refractivity contribution in [1.29, 1.82) is 0 Å². The molecule has 0 bridgehead atoms. The summed E-state index contributed by atoms with van der Waals surface area (Å²) in [5.41, 5.74) is 0. The number of hydrogen-bond donors (Lipinski definition) is 2. The fourth-order valence-electron chi connectivity index (χ4n) is 2.85. The average molecular weight is 242 g/mol. The number of nitrogens with zero attached hydrogens (tertiary/aromatic N) is 1. The van der Waals surface area contributed by atoms with Crippen LogP contribution in [0.1, 0.15) is 40.5 Å². The number of aliphatic hydroxyl groups excluding tert-OH is 1. The minimum Gasteiger partial charge on any atom is -0.390 e. The Labute approximate surface area is 107 Å². The Morgan fingerprint density at radius 2 is 2.06 bits per heavy atom. The summed E-state index contributed by atoms with van der Waals surface area (Å²) in [4.78, 5) is 2.46. The molecule has 0 amide bonds. The molecule has 3 nitrogen and oxygen atoms in total. The SMILES string of the molecule is CCCNCC(O)CN1CC(C)CC(C)C1C. The van der Waals surface area contributed by atoms with E-state index >= 15 is 0 Å². The zero-order valence-electron chi connectivity index (χ0n) is 11.9. The van der Waals surface area contributed by atoms with Crippen molar-refractivity contribution in [2.45, 2.75) is 52.7 Å². The molecule has 1 heterocycles. The first-order valence-electron chi connectivity index (χ1n) is 7.17. The Balaban J connectivity index is 2.32. The van der Waals surface area contributed by atoms with Gasteiger partial charge in [0.05, 0.1) is 6.10 Å². The molecule has 1 aliphatic heterocycles. The number of hydrogen-bond acceptors (Lipinski definition) is 3. The van der Waals surface area contributed by atoms with Gasteiger partial charge in [0.2, 0.25) is 0 Å². The van der Waals surface area contributed by atoms with Crippen molar-refractivity contribution in [1.82, 2.24) is 10.2 Å². The minimum atomic E-state index is -0.235. The predicted octanol–water partition coefficient (Wildman–Crippen LogP) is 1.71. The third kappa shape index (κ3) is 4.94. The summed E-state index contributed by atoms with van der Waals surface area (Å²) in [5, 5.41) is 13.3. The van der Waals surface area contributed by atoms with E-state index in [0.29, 0.717) is 6.04 Å². The molecule has 4 unspecified atom stereocenters. The van der Waals surface area contributed by atoms with Crippen LogP contribution in [0.25, 0.3) is 0 Å². The van der Waals surface area contributed by atoms with E-state index in [2.05, 4.69) is 37.9 Å². The maximum atomic E-state index is 10.0. The van der Waals surface area contributed by atoms with Gasteiger partial charge < -0.3 is 10.4 Å². The molecule has 4 atom stereocenters. The number of piperidine rings is 1. The van der Waals surface area contributed by atoms with Gasteiger partial charge >= 0.3 is 0 Å². The van der Waals surface area contributed by atoms with Crippen LogP contribution < -0.4 is 5.32 Å². The Bertz CT molecular complexity index is 210. The molecule has 1 rings (SSSR count). The van der Waals surface area contributed by atoms with Gasteiger partial charge in [-0.2, -0.15) is 0 Å². The van der Waals surface area contributed by atoms with Crippen LogP contribution in [0.2, 0.25) is 0 Å². The fourth-order valence-corrected chi connectivity index (χ4v) is 2.85. The lowest BCUT2D eigenvalue weighted by atomic mass is 9.86. The largest absolute Gasteiger partial charge is 0.390 e. The third-order valence-electron chi connectivity index (χ3n) is 3.97. The molecule has 0 aromatic heterocycles. The lowest BCUT2D eigenvalue weighted by Gasteiger charge is -2.42. The van der Waals surface area contributed by atoms with E-state index in [9.17, 15) is 5.11 Å². The first-order valence-corrected chi connectivity index (χ1v) is 7.17. The van der Waals surface area contributed by atoms with Crippen LogP contribution in [0, 0.1) is 11.8 Å². The summed E-state index contributed by atoms with van der Waals surface area (Å²) in [7, 11) is 0. The van der Waals surface area contributed by atoms with Gasteiger partial charge in [-0.1, -0.05) is 20.8 Å². The van der Waals surface area contributed by atoms with Crippen LogP contribution in [0.15, 0.2) is 0 Å². The van der Waals surface area contributed by atoms with Crippen LogP contribution in [-0.2, 0) is 0 Å². The van der Waals surface area contributed by atoms with E-state index in [1.807, 2.05) is 0 Å². The summed E-state index contributed by atoms with van der Waals surface area (Å²) in [5.74, 6) is 1.51. The topological polar surface area (TPSA) is 35.5 Å². The first-order chi connectivity index (χ1) is 8.04. The Hall–Kier alpha value is -0.120. The van der Waals surface area contributed by atoms with Crippen LogP contribution in [-0.4, -0.2) is 48.3 Å². The average Bonchev–Trinajstić information content (AvgIpc) is 2.25. The van der Waals surface area contributed by atoms with Gasteiger partial charge in [-0.05, 0) is 38.1 Å². The Morgan fingerprint density at radius 3 is 2.71 bits per heavy atom. The van der Waals surface area contributed by atoms with Gasteiger partial charge in [-0.15, -0.1) is 0 Å². The van der Waals surface area contributed by atoms with E-state index in [1.165, 1.54) is 6.42 Å². The molecule has 0 spiro atoms. The zero-order chi connectivity index (χ0) is 12.8. The highest BCUT2D eigenvalue weighted by Gasteiger charge is 2.29. The van der Waals surface area contributed by atoms with Crippen molar-refractivity contribution in [3.05, 3.63) is 0 Å². The van der Waals surface area contributed by atoms with Gasteiger partial charge in [0.15, 0.2) is 0 Å². The summed E-state index contributed by atoms with van der Waals surface area (Å²) < 4.78 is 0. The molecule has 3 heteroatoms. The van der Waals surface area contributed by atoms with Crippen LogP contribution >= 0.6 is 0 Å².